The summed E-state index contributed by atoms with van der Waals surface area (Å²) in [6, 6.07) is 129. The number of benzene rings is 15. The standard InChI is InChI=1S/5C19H15N/c1-14-8-2-5-11-17(14)20-18-12-6-3-9-15(18)16-10-4-7-13-19(16)20;1-14-7-6-8-15(13-14)20-18-11-4-2-9-16(18)17-10-3-5-12-19(17)20;1-14-10-12-15(13-11-14)20-18-8-4-2-6-16(18)17-7-3-5-9-19(17)20;1-14-8-7-12-17-16-11-5-6-13-18(16)20(19(14)17)15-9-3-2-4-10-15;1-14-8-7-13-18-19(14)16-11-5-6-12-17(16)20(18)15-9-3-2-4-10-15/h5*2-13H,1H3. The molecule has 20 rings (SSSR count). The summed E-state index contributed by atoms with van der Waals surface area (Å²) in [6.45, 7) is 10.8. The fourth-order valence-corrected chi connectivity index (χ4v) is 14.9. The monoisotopic (exact) mass is 1290 g/mol. The van der Waals surface area contributed by atoms with Gasteiger partial charge in [0, 0.05) is 82.3 Å². The second-order valence-corrected chi connectivity index (χ2v) is 25.9. The number of rotatable bonds is 5. The maximum absolute atomic E-state index is 2.36. The van der Waals surface area contributed by atoms with E-state index in [2.05, 4.69) is 421 Å². The van der Waals surface area contributed by atoms with Gasteiger partial charge in [-0.05, 0) is 166 Å². The zero-order chi connectivity index (χ0) is 67.6. The van der Waals surface area contributed by atoms with Gasteiger partial charge in [0.25, 0.3) is 0 Å². The molecule has 5 heteroatoms. The Morgan fingerprint density at radius 1 is 0.170 bits per heavy atom. The number of nitrogens with zero attached hydrogens (tertiary/aromatic N) is 5. The van der Waals surface area contributed by atoms with Gasteiger partial charge in [-0.25, -0.2) is 0 Å². The van der Waals surface area contributed by atoms with Crippen LogP contribution in [0.15, 0.2) is 364 Å². The third kappa shape index (κ3) is 11.4. The molecule has 0 radical (unpaired) electrons. The Hall–Kier alpha value is -12.7. The summed E-state index contributed by atoms with van der Waals surface area (Å²) in [4.78, 5) is 0. The normalized spacial score (nSPS) is 11.2. The second kappa shape index (κ2) is 27.1. The van der Waals surface area contributed by atoms with E-state index in [0.29, 0.717) is 0 Å². The van der Waals surface area contributed by atoms with Crippen LogP contribution in [-0.4, -0.2) is 22.8 Å². The molecule has 0 bridgehead atoms. The number of hydrogen-bond acceptors (Lipinski definition) is 0. The highest BCUT2D eigenvalue weighted by Crippen LogP contribution is 2.38. The lowest BCUT2D eigenvalue weighted by Crippen LogP contribution is -1.96. The van der Waals surface area contributed by atoms with Crippen molar-refractivity contribution in [3.05, 3.63) is 392 Å². The van der Waals surface area contributed by atoms with E-state index in [9.17, 15) is 0 Å². The van der Waals surface area contributed by atoms with Crippen molar-refractivity contribution in [3.63, 3.8) is 0 Å². The van der Waals surface area contributed by atoms with Crippen LogP contribution in [0, 0.1) is 34.6 Å². The quantitative estimate of drug-likeness (QED) is 0.164. The van der Waals surface area contributed by atoms with Crippen LogP contribution in [0.25, 0.3) is 137 Å². The van der Waals surface area contributed by atoms with Gasteiger partial charge in [-0.1, -0.05) is 260 Å². The molecule has 480 valence electrons. The fourth-order valence-electron chi connectivity index (χ4n) is 14.9. The van der Waals surface area contributed by atoms with E-state index in [-0.39, 0.29) is 0 Å². The Morgan fingerprint density at radius 3 is 0.950 bits per heavy atom. The number of aryl methyl sites for hydroxylation is 5. The third-order valence-corrected chi connectivity index (χ3v) is 19.5. The molecule has 0 unspecified atom stereocenters. The molecule has 5 aromatic heterocycles. The van der Waals surface area contributed by atoms with Crippen molar-refractivity contribution >= 4 is 109 Å². The molecule has 0 aliphatic heterocycles. The van der Waals surface area contributed by atoms with E-state index < -0.39 is 0 Å². The highest BCUT2D eigenvalue weighted by molar-refractivity contribution is 6.14. The molecule has 5 heterocycles. The number of para-hydroxylation sites is 12. The minimum atomic E-state index is 1.21. The van der Waals surface area contributed by atoms with E-state index in [4.69, 9.17) is 0 Å². The van der Waals surface area contributed by atoms with E-state index >= 15 is 0 Å². The maximum Gasteiger partial charge on any atom is 0.0570 e. The minimum Gasteiger partial charge on any atom is -0.309 e. The predicted octanol–water partition coefficient (Wildman–Crippen LogP) is 25.5. The smallest absolute Gasteiger partial charge is 0.0570 e. The van der Waals surface area contributed by atoms with Crippen LogP contribution in [0.3, 0.4) is 0 Å². The van der Waals surface area contributed by atoms with E-state index in [1.54, 1.807) is 0 Å². The number of aromatic nitrogens is 5. The van der Waals surface area contributed by atoms with Crippen LogP contribution in [0.1, 0.15) is 27.8 Å². The molecule has 0 aliphatic rings. The average Bonchev–Trinajstić information content (AvgIpc) is 1.70. The molecule has 0 saturated carbocycles. The topological polar surface area (TPSA) is 24.6 Å². The van der Waals surface area contributed by atoms with Crippen LogP contribution < -0.4 is 0 Å². The molecule has 0 aliphatic carbocycles. The molecule has 0 spiro atoms. The molecule has 0 N–H and O–H groups in total. The Balaban J connectivity index is 0.0000000972. The van der Waals surface area contributed by atoms with Gasteiger partial charge in [-0.2, -0.15) is 0 Å². The zero-order valence-corrected chi connectivity index (χ0v) is 56.9. The lowest BCUT2D eigenvalue weighted by Gasteiger charge is -2.10. The molecule has 0 saturated heterocycles. The Labute approximate surface area is 583 Å². The van der Waals surface area contributed by atoms with Gasteiger partial charge in [-0.3, -0.25) is 0 Å². The van der Waals surface area contributed by atoms with Gasteiger partial charge in [0.15, 0.2) is 0 Å². The summed E-state index contributed by atoms with van der Waals surface area (Å²) < 4.78 is 11.7. The van der Waals surface area contributed by atoms with Crippen molar-refractivity contribution in [1.29, 1.82) is 0 Å². The number of fused-ring (bicyclic) bond motifs is 15. The van der Waals surface area contributed by atoms with Crippen molar-refractivity contribution in [1.82, 2.24) is 22.8 Å². The summed E-state index contributed by atoms with van der Waals surface area (Å²) in [6.07, 6.45) is 0. The zero-order valence-electron chi connectivity index (χ0n) is 56.9. The molecule has 0 amide bonds. The summed E-state index contributed by atoms with van der Waals surface area (Å²) in [5, 5.41) is 13.2. The van der Waals surface area contributed by atoms with Gasteiger partial charge in [0.2, 0.25) is 0 Å². The van der Waals surface area contributed by atoms with Gasteiger partial charge in [-0.15, -0.1) is 0 Å². The fraction of sp³-hybridized carbons (Fsp3) is 0.0526. The molecule has 15 aromatic carbocycles. The Bertz CT molecular complexity index is 6170. The number of hydrogen-bond donors (Lipinski definition) is 0. The first-order chi connectivity index (χ1) is 49.3. The van der Waals surface area contributed by atoms with E-state index in [1.807, 2.05) is 0 Å². The van der Waals surface area contributed by atoms with E-state index in [1.165, 1.54) is 165 Å². The summed E-state index contributed by atoms with van der Waals surface area (Å²) in [7, 11) is 0. The highest BCUT2D eigenvalue weighted by atomic mass is 15.0. The maximum atomic E-state index is 2.36. The van der Waals surface area contributed by atoms with Gasteiger partial charge in [0.1, 0.15) is 0 Å². The van der Waals surface area contributed by atoms with Crippen molar-refractivity contribution in [2.45, 2.75) is 34.6 Å². The van der Waals surface area contributed by atoms with Crippen LogP contribution in [0.2, 0.25) is 0 Å². The third-order valence-electron chi connectivity index (χ3n) is 19.5. The predicted molar refractivity (Wildman–Crippen MR) is 428 cm³/mol. The van der Waals surface area contributed by atoms with Crippen LogP contribution in [-0.2, 0) is 0 Å². The van der Waals surface area contributed by atoms with Crippen LogP contribution >= 0.6 is 0 Å². The summed E-state index contributed by atoms with van der Waals surface area (Å²) >= 11 is 0. The first-order valence-electron chi connectivity index (χ1n) is 34.5. The highest BCUT2D eigenvalue weighted by Gasteiger charge is 2.17. The summed E-state index contributed by atoms with van der Waals surface area (Å²) in [5.41, 5.74) is 25.3. The van der Waals surface area contributed by atoms with E-state index in [0.717, 1.165) is 0 Å². The SMILES string of the molecule is Cc1ccc(-n2c3ccccc3c3ccccc32)cc1.Cc1cccc(-n2c3ccccc3c3ccccc32)c1.Cc1cccc2c1c1ccccc1n2-c1ccccc1.Cc1cccc2c3ccccc3n(-c3ccccc3)c12.Cc1ccccc1-n1c2ccccc2c2ccccc21. The Morgan fingerprint density at radius 2 is 0.470 bits per heavy atom. The van der Waals surface area contributed by atoms with Crippen molar-refractivity contribution in [2.75, 3.05) is 0 Å². The Kier molecular flexibility index (Phi) is 16.8. The summed E-state index contributed by atoms with van der Waals surface area (Å²) in [5.74, 6) is 0. The molecular formula is C95H75N5. The van der Waals surface area contributed by atoms with Crippen molar-refractivity contribution in [2.24, 2.45) is 0 Å². The average molecular weight is 1290 g/mol. The second-order valence-electron chi connectivity index (χ2n) is 25.9. The molecule has 20 aromatic rings. The van der Waals surface area contributed by atoms with Gasteiger partial charge >= 0.3 is 0 Å². The molecule has 100 heavy (non-hydrogen) atoms. The first-order valence-corrected chi connectivity index (χ1v) is 34.5. The lowest BCUT2D eigenvalue weighted by molar-refractivity contribution is 1.15. The molecule has 5 nitrogen and oxygen atoms in total. The van der Waals surface area contributed by atoms with Crippen molar-refractivity contribution in [3.8, 4) is 28.4 Å². The van der Waals surface area contributed by atoms with Crippen LogP contribution in [0.5, 0.6) is 0 Å². The van der Waals surface area contributed by atoms with Gasteiger partial charge < -0.3 is 22.8 Å². The van der Waals surface area contributed by atoms with Crippen LogP contribution in [0.4, 0.5) is 0 Å². The molecular weight excluding hydrogens is 1210 g/mol. The molecule has 0 atom stereocenters. The molecule has 0 fully saturated rings. The van der Waals surface area contributed by atoms with Crippen molar-refractivity contribution < 1.29 is 0 Å². The van der Waals surface area contributed by atoms with Gasteiger partial charge in [0.05, 0.1) is 55.2 Å². The largest absolute Gasteiger partial charge is 0.309 e. The lowest BCUT2D eigenvalue weighted by atomic mass is 10.1. The first kappa shape index (κ1) is 62.1. The minimum absolute atomic E-state index is 1.21.